The van der Waals surface area contributed by atoms with Crippen molar-refractivity contribution >= 4 is 11.9 Å². The Morgan fingerprint density at radius 3 is 2.35 bits per heavy atom. The molecule has 166 valence electrons. The standard InChI is InChI=1S/C24H29NO6/c1-28-18-9-6-17(7-10-18)8-13-24(27)31-16-23(26)25-14-4-5-21(25)20-15-19(29-2)11-12-22(20)30-3/h6-7,9-12,15,21H,4-5,8,13-14,16H2,1-3H3/t21-/m1/s1. The third-order valence-electron chi connectivity index (χ3n) is 5.50. The zero-order chi connectivity index (χ0) is 22.2. The normalized spacial score (nSPS) is 15.5. The monoisotopic (exact) mass is 427 g/mol. The molecule has 2 aromatic carbocycles. The van der Waals surface area contributed by atoms with Crippen LogP contribution < -0.4 is 14.2 Å². The first-order valence-electron chi connectivity index (χ1n) is 10.4. The highest BCUT2D eigenvalue weighted by atomic mass is 16.5. The average Bonchev–Trinajstić information content (AvgIpc) is 3.31. The molecule has 1 heterocycles. The van der Waals surface area contributed by atoms with Crippen LogP contribution in [-0.2, 0) is 20.7 Å². The van der Waals surface area contributed by atoms with E-state index in [-0.39, 0.29) is 30.9 Å². The molecule has 3 rings (SSSR count). The Morgan fingerprint density at radius 1 is 0.968 bits per heavy atom. The summed E-state index contributed by atoms with van der Waals surface area (Å²) in [6, 6.07) is 13.0. The van der Waals surface area contributed by atoms with Crippen molar-refractivity contribution in [2.75, 3.05) is 34.5 Å². The number of benzene rings is 2. The lowest BCUT2D eigenvalue weighted by Crippen LogP contribution is -2.34. The number of methoxy groups -OCH3 is 3. The van der Waals surface area contributed by atoms with Crippen molar-refractivity contribution in [3.63, 3.8) is 0 Å². The number of nitrogens with zero attached hydrogens (tertiary/aromatic N) is 1. The Labute approximate surface area is 182 Å². The summed E-state index contributed by atoms with van der Waals surface area (Å²) in [4.78, 5) is 26.7. The van der Waals surface area contributed by atoms with E-state index < -0.39 is 0 Å². The van der Waals surface area contributed by atoms with Crippen molar-refractivity contribution < 1.29 is 28.5 Å². The molecule has 0 bridgehead atoms. The van der Waals surface area contributed by atoms with E-state index in [1.165, 1.54) is 0 Å². The smallest absolute Gasteiger partial charge is 0.306 e. The first-order chi connectivity index (χ1) is 15.0. The van der Waals surface area contributed by atoms with Crippen molar-refractivity contribution in [2.45, 2.75) is 31.7 Å². The molecular formula is C24H29NO6. The number of esters is 1. The van der Waals surface area contributed by atoms with E-state index in [0.29, 0.717) is 24.5 Å². The van der Waals surface area contributed by atoms with Crippen LogP contribution >= 0.6 is 0 Å². The molecular weight excluding hydrogens is 398 g/mol. The van der Waals surface area contributed by atoms with Crippen molar-refractivity contribution in [1.82, 2.24) is 4.90 Å². The minimum atomic E-state index is -0.390. The molecule has 1 aliphatic heterocycles. The fourth-order valence-corrected chi connectivity index (χ4v) is 3.82. The Morgan fingerprint density at radius 2 is 1.68 bits per heavy atom. The fraction of sp³-hybridized carbons (Fsp3) is 0.417. The first kappa shape index (κ1) is 22.5. The number of carbonyl (C=O) groups excluding carboxylic acids is 2. The van der Waals surface area contributed by atoms with Crippen LogP contribution in [0.3, 0.4) is 0 Å². The molecule has 0 N–H and O–H groups in total. The Balaban J connectivity index is 1.55. The number of amides is 1. The van der Waals surface area contributed by atoms with Crippen LogP contribution in [0.25, 0.3) is 0 Å². The maximum absolute atomic E-state index is 12.8. The second-order valence-electron chi connectivity index (χ2n) is 7.36. The number of hydrogen-bond acceptors (Lipinski definition) is 6. The van der Waals surface area contributed by atoms with E-state index in [4.69, 9.17) is 18.9 Å². The molecule has 7 heteroatoms. The molecule has 7 nitrogen and oxygen atoms in total. The van der Waals surface area contributed by atoms with E-state index in [1.807, 2.05) is 42.5 Å². The van der Waals surface area contributed by atoms with E-state index in [0.717, 1.165) is 29.7 Å². The summed E-state index contributed by atoms with van der Waals surface area (Å²) >= 11 is 0. The maximum atomic E-state index is 12.8. The van der Waals surface area contributed by atoms with Gasteiger partial charge in [0.2, 0.25) is 0 Å². The Kier molecular flexibility index (Phi) is 7.76. The van der Waals surface area contributed by atoms with Gasteiger partial charge in [-0.2, -0.15) is 0 Å². The zero-order valence-corrected chi connectivity index (χ0v) is 18.3. The molecule has 2 aromatic rings. The van der Waals surface area contributed by atoms with Crippen LogP contribution in [0.15, 0.2) is 42.5 Å². The van der Waals surface area contributed by atoms with Gasteiger partial charge in [0.15, 0.2) is 6.61 Å². The number of carbonyl (C=O) groups is 2. The van der Waals surface area contributed by atoms with Gasteiger partial charge in [0.05, 0.1) is 27.4 Å². The molecule has 0 unspecified atom stereocenters. The van der Waals surface area contributed by atoms with E-state index in [2.05, 4.69) is 0 Å². The molecule has 1 fully saturated rings. The maximum Gasteiger partial charge on any atom is 0.306 e. The summed E-state index contributed by atoms with van der Waals surface area (Å²) in [5.74, 6) is 1.59. The molecule has 1 atom stereocenters. The highest BCUT2D eigenvalue weighted by Crippen LogP contribution is 2.38. The van der Waals surface area contributed by atoms with Gasteiger partial charge in [0.1, 0.15) is 17.2 Å². The highest BCUT2D eigenvalue weighted by molar-refractivity contribution is 5.81. The number of likely N-dealkylation sites (tertiary alicyclic amines) is 1. The van der Waals surface area contributed by atoms with Crippen LogP contribution in [0, 0.1) is 0 Å². The van der Waals surface area contributed by atoms with E-state index >= 15 is 0 Å². The van der Waals surface area contributed by atoms with Gasteiger partial charge >= 0.3 is 5.97 Å². The minimum absolute atomic E-state index is 0.129. The number of rotatable bonds is 9. The lowest BCUT2D eigenvalue weighted by Gasteiger charge is -2.26. The second kappa shape index (κ2) is 10.7. The van der Waals surface area contributed by atoms with E-state index in [1.54, 1.807) is 26.2 Å². The summed E-state index contributed by atoms with van der Waals surface area (Å²) in [6.07, 6.45) is 2.46. The number of hydrogen-bond donors (Lipinski definition) is 0. The third-order valence-corrected chi connectivity index (χ3v) is 5.50. The quantitative estimate of drug-likeness (QED) is 0.570. The molecule has 0 spiro atoms. The van der Waals surface area contributed by atoms with Gasteiger partial charge < -0.3 is 23.8 Å². The number of ether oxygens (including phenoxy) is 4. The summed E-state index contributed by atoms with van der Waals surface area (Å²) < 4.78 is 21.2. The van der Waals surface area contributed by atoms with Crippen molar-refractivity contribution in [3.05, 3.63) is 53.6 Å². The Bertz CT molecular complexity index is 895. The lowest BCUT2D eigenvalue weighted by atomic mass is 10.0. The van der Waals surface area contributed by atoms with Gasteiger partial charge in [-0.25, -0.2) is 0 Å². The van der Waals surface area contributed by atoms with Gasteiger partial charge in [0, 0.05) is 18.5 Å². The molecule has 0 saturated carbocycles. The molecule has 0 aromatic heterocycles. The molecule has 1 saturated heterocycles. The lowest BCUT2D eigenvalue weighted by molar-refractivity contribution is -0.152. The molecule has 31 heavy (non-hydrogen) atoms. The van der Waals surface area contributed by atoms with Crippen LogP contribution in [0.4, 0.5) is 0 Å². The summed E-state index contributed by atoms with van der Waals surface area (Å²) in [5.41, 5.74) is 1.91. The van der Waals surface area contributed by atoms with Crippen LogP contribution in [0.5, 0.6) is 17.2 Å². The van der Waals surface area contributed by atoms with E-state index in [9.17, 15) is 9.59 Å². The van der Waals surface area contributed by atoms with Gasteiger partial charge in [-0.05, 0) is 55.2 Å². The Hall–Kier alpha value is -3.22. The molecule has 1 amide bonds. The second-order valence-corrected chi connectivity index (χ2v) is 7.36. The topological polar surface area (TPSA) is 74.3 Å². The van der Waals surface area contributed by atoms with Crippen molar-refractivity contribution in [3.8, 4) is 17.2 Å². The third kappa shape index (κ3) is 5.69. The highest BCUT2D eigenvalue weighted by Gasteiger charge is 2.32. The first-order valence-corrected chi connectivity index (χ1v) is 10.4. The molecule has 0 radical (unpaired) electrons. The number of aryl methyl sites for hydroxylation is 1. The van der Waals surface area contributed by atoms with Gasteiger partial charge in [0.25, 0.3) is 5.91 Å². The van der Waals surface area contributed by atoms with Crippen molar-refractivity contribution in [1.29, 1.82) is 0 Å². The summed E-state index contributed by atoms with van der Waals surface area (Å²) in [6.45, 7) is 0.359. The summed E-state index contributed by atoms with van der Waals surface area (Å²) in [5, 5.41) is 0. The largest absolute Gasteiger partial charge is 0.497 e. The van der Waals surface area contributed by atoms with Crippen LogP contribution in [0.1, 0.15) is 36.4 Å². The van der Waals surface area contributed by atoms with Crippen LogP contribution in [-0.4, -0.2) is 51.3 Å². The van der Waals surface area contributed by atoms with Crippen molar-refractivity contribution in [2.24, 2.45) is 0 Å². The molecule has 0 aliphatic carbocycles. The minimum Gasteiger partial charge on any atom is -0.497 e. The average molecular weight is 427 g/mol. The van der Waals surface area contributed by atoms with Gasteiger partial charge in [-0.1, -0.05) is 12.1 Å². The van der Waals surface area contributed by atoms with Gasteiger partial charge in [-0.3, -0.25) is 9.59 Å². The summed E-state index contributed by atoms with van der Waals surface area (Å²) in [7, 11) is 4.82. The zero-order valence-electron chi connectivity index (χ0n) is 18.3. The fourth-order valence-electron chi connectivity index (χ4n) is 3.82. The molecule has 1 aliphatic rings. The van der Waals surface area contributed by atoms with Gasteiger partial charge in [-0.15, -0.1) is 0 Å². The van der Waals surface area contributed by atoms with Crippen LogP contribution in [0.2, 0.25) is 0 Å². The predicted molar refractivity (Wildman–Crippen MR) is 116 cm³/mol. The SMILES string of the molecule is COc1ccc(CCC(=O)OCC(=O)N2CCC[C@@H]2c2cc(OC)ccc2OC)cc1. The predicted octanol–water partition coefficient (Wildman–Crippen LogP) is 3.55.